The van der Waals surface area contributed by atoms with Crippen molar-refractivity contribution in [3.05, 3.63) is 29.3 Å². The quantitative estimate of drug-likeness (QED) is 0.856. The molecule has 1 aromatic carbocycles. The lowest BCUT2D eigenvalue weighted by Crippen LogP contribution is -2.32. The molecule has 4 heteroatoms. The van der Waals surface area contributed by atoms with E-state index in [0.717, 1.165) is 30.7 Å². The molecule has 0 saturated carbocycles. The van der Waals surface area contributed by atoms with E-state index >= 15 is 0 Å². The minimum atomic E-state index is -0.0464. The van der Waals surface area contributed by atoms with Crippen molar-refractivity contribution in [1.82, 2.24) is 5.32 Å². The monoisotopic (exact) mass is 248 g/mol. The molecule has 0 aliphatic carbocycles. The SMILES string of the molecule is CNc1cc(C)ccc1C(=O)NCC1CCCO1. The molecule has 1 aromatic rings. The highest BCUT2D eigenvalue weighted by Crippen LogP contribution is 2.17. The number of carbonyl (C=O) groups is 1. The highest BCUT2D eigenvalue weighted by molar-refractivity contribution is 5.99. The number of hydrogen-bond acceptors (Lipinski definition) is 3. The van der Waals surface area contributed by atoms with E-state index < -0.39 is 0 Å². The number of amides is 1. The van der Waals surface area contributed by atoms with E-state index in [0.29, 0.717) is 12.1 Å². The molecule has 0 aromatic heterocycles. The molecular formula is C14H20N2O2. The number of carbonyl (C=O) groups excluding carboxylic acids is 1. The Hall–Kier alpha value is -1.55. The van der Waals surface area contributed by atoms with Gasteiger partial charge in [-0.1, -0.05) is 6.07 Å². The highest BCUT2D eigenvalue weighted by Gasteiger charge is 2.17. The Morgan fingerprint density at radius 2 is 2.33 bits per heavy atom. The summed E-state index contributed by atoms with van der Waals surface area (Å²) in [6, 6.07) is 5.77. The van der Waals surface area contributed by atoms with E-state index in [1.807, 2.05) is 32.2 Å². The van der Waals surface area contributed by atoms with Gasteiger partial charge in [-0.2, -0.15) is 0 Å². The minimum absolute atomic E-state index is 0.0464. The molecule has 98 valence electrons. The number of nitrogens with one attached hydrogen (secondary N) is 2. The maximum Gasteiger partial charge on any atom is 0.253 e. The summed E-state index contributed by atoms with van der Waals surface area (Å²) in [5, 5.41) is 5.98. The number of benzene rings is 1. The van der Waals surface area contributed by atoms with Gasteiger partial charge in [0.25, 0.3) is 5.91 Å². The van der Waals surface area contributed by atoms with Crippen LogP contribution in [0.5, 0.6) is 0 Å². The predicted molar refractivity (Wildman–Crippen MR) is 72.0 cm³/mol. The fourth-order valence-electron chi connectivity index (χ4n) is 2.17. The van der Waals surface area contributed by atoms with Gasteiger partial charge in [-0.15, -0.1) is 0 Å². The van der Waals surface area contributed by atoms with Gasteiger partial charge in [-0.05, 0) is 37.5 Å². The second-order valence-electron chi connectivity index (χ2n) is 4.64. The van der Waals surface area contributed by atoms with Gasteiger partial charge in [0.1, 0.15) is 0 Å². The van der Waals surface area contributed by atoms with Gasteiger partial charge in [0.15, 0.2) is 0 Å². The summed E-state index contributed by atoms with van der Waals surface area (Å²) in [4.78, 5) is 12.1. The summed E-state index contributed by atoms with van der Waals surface area (Å²) in [6.45, 7) is 3.41. The van der Waals surface area contributed by atoms with Gasteiger partial charge in [-0.25, -0.2) is 0 Å². The van der Waals surface area contributed by atoms with E-state index in [1.54, 1.807) is 0 Å². The van der Waals surface area contributed by atoms with Crippen LogP contribution in [-0.4, -0.2) is 32.2 Å². The van der Waals surface area contributed by atoms with Crippen molar-refractivity contribution in [3.8, 4) is 0 Å². The van der Waals surface area contributed by atoms with Crippen LogP contribution in [0, 0.1) is 6.92 Å². The van der Waals surface area contributed by atoms with Crippen molar-refractivity contribution in [3.63, 3.8) is 0 Å². The van der Waals surface area contributed by atoms with Crippen molar-refractivity contribution in [2.45, 2.75) is 25.9 Å². The topological polar surface area (TPSA) is 50.4 Å². The van der Waals surface area contributed by atoms with Crippen LogP contribution in [0.3, 0.4) is 0 Å². The van der Waals surface area contributed by atoms with Crippen LogP contribution >= 0.6 is 0 Å². The van der Waals surface area contributed by atoms with E-state index in [4.69, 9.17) is 4.74 Å². The summed E-state index contributed by atoms with van der Waals surface area (Å²) < 4.78 is 5.48. The molecule has 1 heterocycles. The molecule has 0 bridgehead atoms. The Labute approximate surface area is 108 Å². The first-order valence-electron chi connectivity index (χ1n) is 6.39. The van der Waals surface area contributed by atoms with Crippen LogP contribution in [0.4, 0.5) is 5.69 Å². The van der Waals surface area contributed by atoms with Crippen molar-refractivity contribution in [1.29, 1.82) is 0 Å². The normalized spacial score (nSPS) is 18.7. The first-order chi connectivity index (χ1) is 8.70. The third-order valence-electron chi connectivity index (χ3n) is 3.20. The van der Waals surface area contributed by atoms with Crippen LogP contribution < -0.4 is 10.6 Å². The maximum atomic E-state index is 12.1. The lowest BCUT2D eigenvalue weighted by molar-refractivity contribution is 0.0858. The van der Waals surface area contributed by atoms with E-state index in [2.05, 4.69) is 10.6 Å². The van der Waals surface area contributed by atoms with Crippen molar-refractivity contribution in [2.24, 2.45) is 0 Å². The van der Waals surface area contributed by atoms with Gasteiger partial charge in [0.2, 0.25) is 0 Å². The molecule has 1 aliphatic heterocycles. The second-order valence-corrected chi connectivity index (χ2v) is 4.64. The lowest BCUT2D eigenvalue weighted by atomic mass is 10.1. The Morgan fingerprint density at radius 1 is 1.50 bits per heavy atom. The van der Waals surface area contributed by atoms with Crippen LogP contribution in [0.2, 0.25) is 0 Å². The van der Waals surface area contributed by atoms with Gasteiger partial charge < -0.3 is 15.4 Å². The standard InChI is InChI=1S/C14H20N2O2/c1-10-5-6-12(13(8-10)15-2)14(17)16-9-11-4-3-7-18-11/h5-6,8,11,15H,3-4,7,9H2,1-2H3,(H,16,17). The highest BCUT2D eigenvalue weighted by atomic mass is 16.5. The molecule has 1 amide bonds. The molecule has 1 aliphatic rings. The Balaban J connectivity index is 1.99. The average Bonchev–Trinajstić information content (AvgIpc) is 2.88. The van der Waals surface area contributed by atoms with E-state index in [-0.39, 0.29) is 12.0 Å². The van der Waals surface area contributed by atoms with Crippen LogP contribution in [-0.2, 0) is 4.74 Å². The minimum Gasteiger partial charge on any atom is -0.387 e. The zero-order valence-electron chi connectivity index (χ0n) is 11.0. The first kappa shape index (κ1) is 12.9. The number of hydrogen-bond donors (Lipinski definition) is 2. The summed E-state index contributed by atoms with van der Waals surface area (Å²) in [7, 11) is 1.83. The number of aryl methyl sites for hydroxylation is 1. The molecule has 1 fully saturated rings. The van der Waals surface area contributed by atoms with Gasteiger partial charge in [-0.3, -0.25) is 4.79 Å². The molecule has 2 N–H and O–H groups in total. The Bertz CT molecular complexity index is 426. The van der Waals surface area contributed by atoms with E-state index in [9.17, 15) is 4.79 Å². The molecule has 18 heavy (non-hydrogen) atoms. The molecule has 4 nitrogen and oxygen atoms in total. The number of anilines is 1. The number of ether oxygens (including phenoxy) is 1. The predicted octanol–water partition coefficient (Wildman–Crippen LogP) is 1.95. The molecule has 2 rings (SSSR count). The Morgan fingerprint density at radius 3 is 3.00 bits per heavy atom. The average molecular weight is 248 g/mol. The zero-order chi connectivity index (χ0) is 13.0. The van der Waals surface area contributed by atoms with Gasteiger partial charge >= 0.3 is 0 Å². The van der Waals surface area contributed by atoms with Crippen LogP contribution in [0.1, 0.15) is 28.8 Å². The molecular weight excluding hydrogens is 228 g/mol. The molecule has 1 unspecified atom stereocenters. The van der Waals surface area contributed by atoms with Crippen molar-refractivity contribution >= 4 is 11.6 Å². The largest absolute Gasteiger partial charge is 0.387 e. The third-order valence-corrected chi connectivity index (χ3v) is 3.20. The maximum absolute atomic E-state index is 12.1. The lowest BCUT2D eigenvalue weighted by Gasteiger charge is -2.13. The summed E-state index contributed by atoms with van der Waals surface area (Å²) in [6.07, 6.45) is 2.30. The first-order valence-corrected chi connectivity index (χ1v) is 6.39. The van der Waals surface area contributed by atoms with Crippen molar-refractivity contribution < 1.29 is 9.53 Å². The zero-order valence-corrected chi connectivity index (χ0v) is 11.0. The Kier molecular flexibility index (Phi) is 4.20. The molecule has 1 saturated heterocycles. The smallest absolute Gasteiger partial charge is 0.253 e. The van der Waals surface area contributed by atoms with Gasteiger partial charge in [0.05, 0.1) is 11.7 Å². The summed E-state index contributed by atoms with van der Waals surface area (Å²) >= 11 is 0. The second kappa shape index (κ2) is 5.87. The van der Waals surface area contributed by atoms with Crippen molar-refractivity contribution in [2.75, 3.05) is 25.5 Å². The van der Waals surface area contributed by atoms with E-state index in [1.165, 1.54) is 0 Å². The fourth-order valence-corrected chi connectivity index (χ4v) is 2.17. The fraction of sp³-hybridized carbons (Fsp3) is 0.500. The molecule has 1 atom stereocenters. The van der Waals surface area contributed by atoms with Crippen LogP contribution in [0.15, 0.2) is 18.2 Å². The summed E-state index contributed by atoms with van der Waals surface area (Å²) in [5.74, 6) is -0.0464. The van der Waals surface area contributed by atoms with Crippen LogP contribution in [0.25, 0.3) is 0 Å². The third kappa shape index (κ3) is 3.01. The van der Waals surface area contributed by atoms with Gasteiger partial charge in [0, 0.05) is 25.9 Å². The number of rotatable bonds is 4. The molecule has 0 radical (unpaired) electrons. The molecule has 0 spiro atoms. The summed E-state index contributed by atoms with van der Waals surface area (Å²) in [5.41, 5.74) is 2.68.